The summed E-state index contributed by atoms with van der Waals surface area (Å²) in [5.74, 6) is -0.594. The van der Waals surface area contributed by atoms with Gasteiger partial charge in [0.1, 0.15) is 23.3 Å². The van der Waals surface area contributed by atoms with Crippen LogP contribution in [0.5, 0.6) is 11.5 Å². The first-order chi connectivity index (χ1) is 17.3. The lowest BCUT2D eigenvalue weighted by molar-refractivity contribution is -0.138. The van der Waals surface area contributed by atoms with Crippen LogP contribution in [0.25, 0.3) is 0 Å². The van der Waals surface area contributed by atoms with Gasteiger partial charge in [0.2, 0.25) is 0 Å². The SMILES string of the molecule is CC(/C=C/[C@@]1(C)[C@H](C)CCC(=O)[C@@H]1C)=C\Cc1c(O)c(Cl)c(C)c(C=NCCCC[C@H](N)C(=O)O)c1O. The number of carbonyl (C=O) groups is 2. The molecular weight excluding hydrogens is 492 g/mol. The molecule has 0 aromatic heterocycles. The first kappa shape index (κ1) is 30.6. The van der Waals surface area contributed by atoms with Gasteiger partial charge in [0, 0.05) is 36.2 Å². The topological polar surface area (TPSA) is 133 Å². The maximum Gasteiger partial charge on any atom is 0.320 e. The second kappa shape index (κ2) is 13.2. The van der Waals surface area contributed by atoms with Crippen molar-refractivity contribution in [1.82, 2.24) is 0 Å². The van der Waals surface area contributed by atoms with Crippen LogP contribution in [0.1, 0.15) is 76.5 Å². The Labute approximate surface area is 225 Å². The number of aliphatic imine (C=N–C) groups is 1. The van der Waals surface area contributed by atoms with Gasteiger partial charge in [0.25, 0.3) is 0 Å². The first-order valence-electron chi connectivity index (χ1n) is 12.9. The third-order valence-corrected chi connectivity index (χ3v) is 8.46. The number of unbranched alkanes of at least 4 members (excludes halogenated alkanes) is 1. The minimum absolute atomic E-state index is 0.0416. The summed E-state index contributed by atoms with van der Waals surface area (Å²) in [6.07, 6.45) is 11.0. The molecule has 0 spiro atoms. The van der Waals surface area contributed by atoms with Crippen LogP contribution >= 0.6 is 11.6 Å². The van der Waals surface area contributed by atoms with Gasteiger partial charge in [-0.25, -0.2) is 0 Å². The van der Waals surface area contributed by atoms with E-state index in [1.54, 1.807) is 6.92 Å². The maximum atomic E-state index is 12.3. The molecule has 1 aliphatic carbocycles. The van der Waals surface area contributed by atoms with E-state index >= 15 is 0 Å². The van der Waals surface area contributed by atoms with Crippen LogP contribution in [0.2, 0.25) is 5.02 Å². The van der Waals surface area contributed by atoms with Crippen LogP contribution in [0.15, 0.2) is 28.8 Å². The molecule has 1 saturated carbocycles. The molecule has 4 atom stereocenters. The predicted molar refractivity (Wildman–Crippen MR) is 149 cm³/mol. The molecule has 1 aromatic rings. The number of nitrogens with zero attached hydrogens (tertiary/aromatic N) is 1. The van der Waals surface area contributed by atoms with Crippen molar-refractivity contribution < 1.29 is 24.9 Å². The fourth-order valence-corrected chi connectivity index (χ4v) is 4.91. The second-order valence-corrected chi connectivity index (χ2v) is 10.9. The van der Waals surface area contributed by atoms with Crippen molar-refractivity contribution in [3.8, 4) is 11.5 Å². The number of hydrogen-bond acceptors (Lipinski definition) is 6. The van der Waals surface area contributed by atoms with Crippen molar-refractivity contribution in [1.29, 1.82) is 0 Å². The zero-order chi connectivity index (χ0) is 27.9. The molecule has 0 aliphatic heterocycles. The van der Waals surface area contributed by atoms with Gasteiger partial charge in [0.15, 0.2) is 0 Å². The molecular formula is C29H41ClN2O5. The number of hydrogen-bond donors (Lipinski definition) is 4. The number of nitrogens with two attached hydrogens (primary N) is 1. The van der Waals surface area contributed by atoms with E-state index in [9.17, 15) is 19.8 Å². The summed E-state index contributed by atoms with van der Waals surface area (Å²) in [6, 6.07) is -0.875. The zero-order valence-electron chi connectivity index (χ0n) is 22.6. The molecule has 0 amide bonds. The number of allylic oxidation sites excluding steroid dienone is 4. The number of halogens is 1. The summed E-state index contributed by atoms with van der Waals surface area (Å²) >= 11 is 6.37. The number of aliphatic carboxylic acids is 1. The molecule has 0 heterocycles. The third-order valence-electron chi connectivity index (χ3n) is 7.99. The quantitative estimate of drug-likeness (QED) is 0.163. The maximum absolute atomic E-state index is 12.3. The van der Waals surface area contributed by atoms with E-state index in [1.807, 2.05) is 26.0 Å². The molecule has 0 unspecified atom stereocenters. The van der Waals surface area contributed by atoms with Gasteiger partial charge in [-0.1, -0.05) is 56.2 Å². The van der Waals surface area contributed by atoms with E-state index in [2.05, 4.69) is 24.9 Å². The Morgan fingerprint density at radius 1 is 1.27 bits per heavy atom. The normalized spacial score (nSPS) is 23.8. The van der Waals surface area contributed by atoms with E-state index in [4.69, 9.17) is 22.4 Å². The van der Waals surface area contributed by atoms with Crippen LogP contribution in [-0.4, -0.2) is 45.9 Å². The van der Waals surface area contributed by atoms with Crippen LogP contribution < -0.4 is 5.73 Å². The molecule has 1 fully saturated rings. The molecule has 1 aromatic carbocycles. The minimum Gasteiger partial charge on any atom is -0.507 e. The number of phenols is 2. The zero-order valence-corrected chi connectivity index (χ0v) is 23.3. The smallest absolute Gasteiger partial charge is 0.320 e. The monoisotopic (exact) mass is 532 g/mol. The van der Waals surface area contributed by atoms with Gasteiger partial charge in [-0.05, 0) is 62.8 Å². The number of carbonyl (C=O) groups excluding carboxylic acids is 1. The Kier molecular flexibility index (Phi) is 10.9. The largest absolute Gasteiger partial charge is 0.507 e. The lowest BCUT2D eigenvalue weighted by Crippen LogP contribution is -2.40. The van der Waals surface area contributed by atoms with Gasteiger partial charge in [-0.3, -0.25) is 14.6 Å². The Morgan fingerprint density at radius 3 is 2.59 bits per heavy atom. The highest BCUT2D eigenvalue weighted by atomic mass is 35.5. The van der Waals surface area contributed by atoms with Gasteiger partial charge in [-0.2, -0.15) is 0 Å². The standard InChI is InChI=1S/C29H41ClN2O5/c1-17(13-14-29(5)18(2)10-12-24(33)20(29)4)9-11-21-26(34)22(19(3)25(30)27(21)35)16-32-15-7-6-8-23(31)28(36)37/h9,13-14,16,18,20,23,34-35H,6-8,10-12,15,31H2,1-5H3,(H,36,37)/b14-13+,17-9+,32-16?/t18-,20+,23+,29+/m1/s1. The van der Waals surface area contributed by atoms with Crippen LogP contribution in [-0.2, 0) is 16.0 Å². The summed E-state index contributed by atoms with van der Waals surface area (Å²) in [6.45, 7) is 10.4. The highest BCUT2D eigenvalue weighted by Gasteiger charge is 2.41. The first-order valence-corrected chi connectivity index (χ1v) is 13.3. The van der Waals surface area contributed by atoms with Gasteiger partial charge in [-0.15, -0.1) is 0 Å². The van der Waals surface area contributed by atoms with Crippen molar-refractivity contribution in [3.05, 3.63) is 45.5 Å². The van der Waals surface area contributed by atoms with E-state index in [1.165, 1.54) is 6.21 Å². The van der Waals surface area contributed by atoms with Gasteiger partial charge in [0.05, 0.1) is 5.02 Å². The fourth-order valence-electron chi connectivity index (χ4n) is 4.69. The van der Waals surface area contributed by atoms with E-state index < -0.39 is 12.0 Å². The molecule has 0 radical (unpaired) electrons. The Bertz CT molecular complexity index is 1090. The summed E-state index contributed by atoms with van der Waals surface area (Å²) in [5.41, 5.74) is 7.52. The molecule has 0 saturated heterocycles. The summed E-state index contributed by atoms with van der Waals surface area (Å²) in [5, 5.41) is 30.6. The molecule has 204 valence electrons. The lowest BCUT2D eigenvalue weighted by atomic mass is 9.61. The second-order valence-electron chi connectivity index (χ2n) is 10.5. The van der Waals surface area contributed by atoms with Gasteiger partial charge >= 0.3 is 5.97 Å². The molecule has 37 heavy (non-hydrogen) atoms. The Hall–Kier alpha value is -2.64. The molecule has 5 N–H and O–H groups in total. The van der Waals surface area contributed by atoms with Crippen LogP contribution in [0, 0.1) is 24.2 Å². The van der Waals surface area contributed by atoms with Crippen molar-refractivity contribution in [2.45, 2.75) is 79.2 Å². The summed E-state index contributed by atoms with van der Waals surface area (Å²) in [4.78, 5) is 27.4. The molecule has 1 aliphatic rings. The van der Waals surface area contributed by atoms with Crippen LogP contribution in [0.3, 0.4) is 0 Å². The minimum atomic E-state index is -1.02. The number of carboxylic acids is 1. The van der Waals surface area contributed by atoms with E-state index in [0.717, 1.165) is 12.0 Å². The number of ketones is 1. The number of aromatic hydroxyl groups is 2. The summed E-state index contributed by atoms with van der Waals surface area (Å²) < 4.78 is 0. The lowest BCUT2D eigenvalue weighted by Gasteiger charge is -2.42. The molecule has 0 bridgehead atoms. The van der Waals surface area contributed by atoms with Gasteiger partial charge < -0.3 is 21.1 Å². The number of rotatable bonds is 11. The summed E-state index contributed by atoms with van der Waals surface area (Å²) in [7, 11) is 0. The van der Waals surface area contributed by atoms with Crippen molar-refractivity contribution in [3.63, 3.8) is 0 Å². The Balaban J connectivity index is 2.16. The van der Waals surface area contributed by atoms with Crippen molar-refractivity contribution >= 4 is 29.6 Å². The highest BCUT2D eigenvalue weighted by Crippen LogP contribution is 2.45. The van der Waals surface area contributed by atoms with E-state index in [0.29, 0.717) is 60.6 Å². The number of phenolic OH excluding ortho intramolecular Hbond substituents is 2. The van der Waals surface area contributed by atoms with Crippen molar-refractivity contribution in [2.75, 3.05) is 6.54 Å². The number of carboxylic acid groups (broad SMARTS) is 1. The molecule has 2 rings (SSSR count). The third kappa shape index (κ3) is 7.45. The average Bonchev–Trinajstić information content (AvgIpc) is 2.86. The van der Waals surface area contributed by atoms with Crippen LogP contribution in [0.4, 0.5) is 0 Å². The molecule has 7 nitrogen and oxygen atoms in total. The number of Topliss-reactive ketones (excluding diaryl/α,β-unsaturated/α-hetero) is 1. The highest BCUT2D eigenvalue weighted by molar-refractivity contribution is 6.33. The molecule has 8 heteroatoms. The fraction of sp³-hybridized carbons (Fsp3) is 0.552. The number of benzene rings is 1. The van der Waals surface area contributed by atoms with Crippen molar-refractivity contribution in [2.24, 2.45) is 28.0 Å². The van der Waals surface area contributed by atoms with E-state index in [-0.39, 0.29) is 34.3 Å². The average molecular weight is 533 g/mol. The predicted octanol–water partition coefficient (Wildman–Crippen LogP) is 5.75. The Morgan fingerprint density at radius 2 is 1.95 bits per heavy atom.